The number of nitriles is 1. The van der Waals surface area contributed by atoms with Crippen molar-refractivity contribution in [3.8, 4) is 6.07 Å². The highest BCUT2D eigenvalue weighted by Crippen LogP contribution is 2.15. The van der Waals surface area contributed by atoms with Gasteiger partial charge in [-0.05, 0) is 18.6 Å². The molecular weight excluding hydrogens is 216 g/mol. The van der Waals surface area contributed by atoms with Crippen LogP contribution in [0.25, 0.3) is 0 Å². The molecule has 17 heavy (non-hydrogen) atoms. The molecule has 1 N–H and O–H groups in total. The largest absolute Gasteiger partial charge is 0.469 e. The number of ether oxygens (including phenoxy) is 1. The van der Waals surface area contributed by atoms with Crippen molar-refractivity contribution in [1.29, 1.82) is 5.26 Å². The summed E-state index contributed by atoms with van der Waals surface area (Å²) >= 11 is 0. The highest BCUT2D eigenvalue weighted by Gasteiger charge is 2.16. The predicted octanol–water partition coefficient (Wildman–Crippen LogP) is 2.17. The van der Waals surface area contributed by atoms with Gasteiger partial charge in [0.15, 0.2) is 0 Å². The lowest BCUT2D eigenvalue weighted by Gasteiger charge is -2.14. The molecule has 0 amide bonds. The SMILES string of the molecule is CCC(CNc1ccccc1C#N)C(=O)OC. The number of benzene rings is 1. The van der Waals surface area contributed by atoms with Gasteiger partial charge >= 0.3 is 5.97 Å². The van der Waals surface area contributed by atoms with E-state index in [-0.39, 0.29) is 11.9 Å². The summed E-state index contributed by atoms with van der Waals surface area (Å²) < 4.78 is 4.70. The molecule has 0 aliphatic carbocycles. The van der Waals surface area contributed by atoms with E-state index in [1.165, 1.54) is 7.11 Å². The molecule has 0 heterocycles. The van der Waals surface area contributed by atoms with Gasteiger partial charge in [-0.15, -0.1) is 0 Å². The van der Waals surface area contributed by atoms with E-state index < -0.39 is 0 Å². The van der Waals surface area contributed by atoms with Crippen molar-refractivity contribution in [3.05, 3.63) is 29.8 Å². The molecule has 1 aromatic rings. The molecule has 0 saturated heterocycles. The third-order valence-electron chi connectivity index (χ3n) is 2.61. The summed E-state index contributed by atoms with van der Waals surface area (Å²) in [5.74, 6) is -0.416. The van der Waals surface area contributed by atoms with Crippen LogP contribution in [-0.2, 0) is 9.53 Å². The lowest BCUT2D eigenvalue weighted by Crippen LogP contribution is -2.23. The van der Waals surface area contributed by atoms with E-state index in [1.807, 2.05) is 19.1 Å². The molecule has 1 aromatic carbocycles. The number of anilines is 1. The fourth-order valence-electron chi connectivity index (χ4n) is 1.53. The quantitative estimate of drug-likeness (QED) is 0.790. The molecule has 0 spiro atoms. The van der Waals surface area contributed by atoms with Crippen LogP contribution in [0.5, 0.6) is 0 Å². The molecule has 0 aliphatic rings. The first-order valence-electron chi connectivity index (χ1n) is 5.53. The second-order valence-electron chi connectivity index (χ2n) is 3.67. The van der Waals surface area contributed by atoms with Gasteiger partial charge in [-0.3, -0.25) is 4.79 Å². The van der Waals surface area contributed by atoms with Gasteiger partial charge in [0.2, 0.25) is 0 Å². The molecule has 1 atom stereocenters. The van der Waals surface area contributed by atoms with Crippen LogP contribution in [-0.4, -0.2) is 19.6 Å². The summed E-state index contributed by atoms with van der Waals surface area (Å²) in [4.78, 5) is 11.4. The summed E-state index contributed by atoms with van der Waals surface area (Å²) in [5, 5.41) is 12.0. The Bertz CT molecular complexity index is 424. The van der Waals surface area contributed by atoms with Crippen LogP contribution in [0.1, 0.15) is 18.9 Å². The molecule has 1 unspecified atom stereocenters. The average Bonchev–Trinajstić information content (AvgIpc) is 2.39. The fourth-order valence-corrected chi connectivity index (χ4v) is 1.53. The number of carbonyl (C=O) groups excluding carboxylic acids is 1. The van der Waals surface area contributed by atoms with Gasteiger partial charge in [-0.2, -0.15) is 5.26 Å². The lowest BCUT2D eigenvalue weighted by atomic mass is 10.1. The van der Waals surface area contributed by atoms with Crippen molar-refractivity contribution in [1.82, 2.24) is 0 Å². The topological polar surface area (TPSA) is 62.1 Å². The summed E-state index contributed by atoms with van der Waals surface area (Å²) in [6, 6.07) is 9.32. The van der Waals surface area contributed by atoms with Gasteiger partial charge in [-0.25, -0.2) is 0 Å². The van der Waals surface area contributed by atoms with Crippen molar-refractivity contribution in [2.24, 2.45) is 5.92 Å². The minimum absolute atomic E-state index is 0.188. The van der Waals surface area contributed by atoms with Gasteiger partial charge in [0.05, 0.1) is 24.3 Å². The van der Waals surface area contributed by atoms with Crippen LogP contribution in [0.2, 0.25) is 0 Å². The molecule has 0 aliphatic heterocycles. The van der Waals surface area contributed by atoms with E-state index in [0.29, 0.717) is 18.5 Å². The maximum atomic E-state index is 11.4. The molecule has 0 aromatic heterocycles. The molecule has 0 saturated carbocycles. The van der Waals surface area contributed by atoms with Crippen molar-refractivity contribution in [3.63, 3.8) is 0 Å². The van der Waals surface area contributed by atoms with Crippen LogP contribution in [0, 0.1) is 17.2 Å². The molecule has 1 rings (SSSR count). The van der Waals surface area contributed by atoms with Gasteiger partial charge in [0, 0.05) is 6.54 Å². The van der Waals surface area contributed by atoms with Crippen LogP contribution in [0.3, 0.4) is 0 Å². The van der Waals surface area contributed by atoms with Gasteiger partial charge < -0.3 is 10.1 Å². The maximum Gasteiger partial charge on any atom is 0.310 e. The molecule has 0 radical (unpaired) electrons. The Balaban J connectivity index is 2.66. The van der Waals surface area contributed by atoms with Crippen molar-refractivity contribution in [2.45, 2.75) is 13.3 Å². The average molecular weight is 232 g/mol. The lowest BCUT2D eigenvalue weighted by molar-refractivity contribution is -0.145. The molecule has 4 nitrogen and oxygen atoms in total. The van der Waals surface area contributed by atoms with Crippen molar-refractivity contribution >= 4 is 11.7 Å². The Labute approximate surface area is 101 Å². The molecule has 0 fully saturated rings. The third kappa shape index (κ3) is 3.49. The normalized spacial score (nSPS) is 11.4. The number of hydrogen-bond acceptors (Lipinski definition) is 4. The Kier molecular flexibility index (Phi) is 5.02. The van der Waals surface area contributed by atoms with E-state index in [2.05, 4.69) is 11.4 Å². The summed E-state index contributed by atoms with van der Waals surface area (Å²) in [7, 11) is 1.38. The maximum absolute atomic E-state index is 11.4. The monoisotopic (exact) mass is 232 g/mol. The second kappa shape index (κ2) is 6.54. The Morgan fingerprint density at radius 2 is 2.24 bits per heavy atom. The number of para-hydroxylation sites is 1. The number of nitrogens with one attached hydrogen (secondary N) is 1. The Morgan fingerprint density at radius 3 is 2.82 bits per heavy atom. The number of esters is 1. The number of methoxy groups -OCH3 is 1. The second-order valence-corrected chi connectivity index (χ2v) is 3.67. The summed E-state index contributed by atoms with van der Waals surface area (Å²) in [6.07, 6.45) is 0.703. The van der Waals surface area contributed by atoms with Gasteiger partial charge in [-0.1, -0.05) is 19.1 Å². The molecule has 0 bridgehead atoms. The van der Waals surface area contributed by atoms with E-state index >= 15 is 0 Å². The zero-order valence-corrected chi connectivity index (χ0v) is 10.1. The number of rotatable bonds is 5. The zero-order valence-electron chi connectivity index (χ0n) is 10.1. The highest BCUT2D eigenvalue weighted by atomic mass is 16.5. The Morgan fingerprint density at radius 1 is 1.53 bits per heavy atom. The van der Waals surface area contributed by atoms with E-state index in [1.54, 1.807) is 12.1 Å². The van der Waals surface area contributed by atoms with Crippen LogP contribution in [0.4, 0.5) is 5.69 Å². The minimum Gasteiger partial charge on any atom is -0.469 e. The number of nitrogens with zero attached hydrogens (tertiary/aromatic N) is 1. The molecular formula is C13H16N2O2. The van der Waals surface area contributed by atoms with Crippen LogP contribution in [0.15, 0.2) is 24.3 Å². The highest BCUT2D eigenvalue weighted by molar-refractivity contribution is 5.73. The third-order valence-corrected chi connectivity index (χ3v) is 2.61. The summed E-state index contributed by atoms with van der Waals surface area (Å²) in [6.45, 7) is 2.40. The summed E-state index contributed by atoms with van der Waals surface area (Å²) in [5.41, 5.74) is 1.32. The minimum atomic E-state index is -0.227. The van der Waals surface area contributed by atoms with Crippen molar-refractivity contribution in [2.75, 3.05) is 19.0 Å². The zero-order chi connectivity index (χ0) is 12.7. The van der Waals surface area contributed by atoms with Crippen molar-refractivity contribution < 1.29 is 9.53 Å². The molecule has 4 heteroatoms. The van der Waals surface area contributed by atoms with E-state index in [9.17, 15) is 4.79 Å². The van der Waals surface area contributed by atoms with E-state index in [0.717, 1.165) is 5.69 Å². The number of carbonyl (C=O) groups is 1. The van der Waals surface area contributed by atoms with Crippen LogP contribution >= 0.6 is 0 Å². The van der Waals surface area contributed by atoms with E-state index in [4.69, 9.17) is 10.00 Å². The first-order valence-corrected chi connectivity index (χ1v) is 5.53. The first-order chi connectivity index (χ1) is 8.22. The Hall–Kier alpha value is -2.02. The standard InChI is InChI=1S/C13H16N2O2/c1-3-10(13(16)17-2)9-15-12-7-5-4-6-11(12)8-14/h4-7,10,15H,3,9H2,1-2H3. The fraction of sp³-hybridized carbons (Fsp3) is 0.385. The van der Waals surface area contributed by atoms with Crippen LogP contribution < -0.4 is 5.32 Å². The first kappa shape index (κ1) is 13.0. The van der Waals surface area contributed by atoms with Gasteiger partial charge in [0.25, 0.3) is 0 Å². The predicted molar refractivity (Wildman–Crippen MR) is 65.4 cm³/mol. The smallest absolute Gasteiger partial charge is 0.310 e. The van der Waals surface area contributed by atoms with Gasteiger partial charge in [0.1, 0.15) is 6.07 Å². The molecule has 90 valence electrons. The number of hydrogen-bond donors (Lipinski definition) is 1.